The third kappa shape index (κ3) is 3.34. The number of anilines is 1. The smallest absolute Gasteiger partial charge is 0.268 e. The number of aromatic nitrogens is 2. The van der Waals surface area contributed by atoms with Gasteiger partial charge in [-0.1, -0.05) is 6.92 Å². The number of aliphatic hydroxyl groups excluding tert-OH is 1. The number of aliphatic hydroxyl groups is 1. The van der Waals surface area contributed by atoms with Crippen LogP contribution in [0.4, 0.5) is 5.69 Å². The standard InChI is InChI=1S/C11H19N3O2/c1-4-5-13(3)10-6-11(16)14(12-7-10)8-9(2)15/h6-7,9,15H,4-5,8H2,1-3H3. The van der Waals surface area contributed by atoms with E-state index in [0.29, 0.717) is 0 Å². The highest BCUT2D eigenvalue weighted by molar-refractivity contribution is 5.41. The van der Waals surface area contributed by atoms with Crippen LogP contribution in [0.2, 0.25) is 0 Å². The van der Waals surface area contributed by atoms with Gasteiger partial charge in [0.1, 0.15) is 0 Å². The number of hydrogen-bond donors (Lipinski definition) is 1. The third-order valence-electron chi connectivity index (χ3n) is 2.29. The first-order chi connectivity index (χ1) is 7.54. The second-order valence-corrected chi connectivity index (χ2v) is 4.00. The van der Waals surface area contributed by atoms with Gasteiger partial charge in [0, 0.05) is 19.7 Å². The zero-order valence-corrected chi connectivity index (χ0v) is 10.1. The fourth-order valence-corrected chi connectivity index (χ4v) is 1.48. The summed E-state index contributed by atoms with van der Waals surface area (Å²) in [5.74, 6) is 0. The molecule has 0 radical (unpaired) electrons. The van der Waals surface area contributed by atoms with Crippen molar-refractivity contribution in [2.75, 3.05) is 18.5 Å². The van der Waals surface area contributed by atoms with Crippen molar-refractivity contribution in [1.82, 2.24) is 9.78 Å². The van der Waals surface area contributed by atoms with Crippen LogP contribution < -0.4 is 10.5 Å². The monoisotopic (exact) mass is 225 g/mol. The molecule has 1 atom stereocenters. The lowest BCUT2D eigenvalue weighted by molar-refractivity contribution is 0.166. The second kappa shape index (κ2) is 5.65. The fourth-order valence-electron chi connectivity index (χ4n) is 1.48. The lowest BCUT2D eigenvalue weighted by Gasteiger charge is -2.18. The minimum absolute atomic E-state index is 0.179. The van der Waals surface area contributed by atoms with Crippen molar-refractivity contribution < 1.29 is 5.11 Å². The predicted octanol–water partition coefficient (Wildman–Crippen LogP) is 0.470. The molecule has 1 N–H and O–H groups in total. The summed E-state index contributed by atoms with van der Waals surface area (Å²) in [5.41, 5.74) is 0.634. The van der Waals surface area contributed by atoms with Crippen molar-refractivity contribution in [1.29, 1.82) is 0 Å². The van der Waals surface area contributed by atoms with Gasteiger partial charge < -0.3 is 10.0 Å². The summed E-state index contributed by atoms with van der Waals surface area (Å²) < 4.78 is 1.27. The maximum absolute atomic E-state index is 11.6. The van der Waals surface area contributed by atoms with Crippen LogP contribution in [0.15, 0.2) is 17.1 Å². The van der Waals surface area contributed by atoms with E-state index in [9.17, 15) is 9.90 Å². The van der Waals surface area contributed by atoms with Crippen molar-refractivity contribution in [2.24, 2.45) is 0 Å². The summed E-state index contributed by atoms with van der Waals surface area (Å²) in [6.07, 6.45) is 2.11. The molecule has 1 heterocycles. The molecule has 0 bridgehead atoms. The number of rotatable bonds is 5. The van der Waals surface area contributed by atoms with Gasteiger partial charge in [-0.15, -0.1) is 0 Å². The zero-order valence-electron chi connectivity index (χ0n) is 10.1. The van der Waals surface area contributed by atoms with E-state index >= 15 is 0 Å². The Balaban J connectivity index is 2.86. The van der Waals surface area contributed by atoms with Crippen LogP contribution in [0.1, 0.15) is 20.3 Å². The van der Waals surface area contributed by atoms with E-state index in [1.807, 2.05) is 11.9 Å². The molecule has 1 unspecified atom stereocenters. The van der Waals surface area contributed by atoms with Crippen LogP contribution in [0, 0.1) is 0 Å². The minimum atomic E-state index is -0.565. The van der Waals surface area contributed by atoms with E-state index in [1.54, 1.807) is 19.2 Å². The van der Waals surface area contributed by atoms with E-state index in [1.165, 1.54) is 4.68 Å². The largest absolute Gasteiger partial charge is 0.391 e. The molecule has 0 fully saturated rings. The van der Waals surface area contributed by atoms with Gasteiger partial charge in [-0.25, -0.2) is 4.68 Å². The van der Waals surface area contributed by atoms with Crippen LogP contribution in [-0.4, -0.2) is 34.6 Å². The van der Waals surface area contributed by atoms with Crippen LogP contribution in [0.5, 0.6) is 0 Å². The lowest BCUT2D eigenvalue weighted by atomic mass is 10.3. The maximum atomic E-state index is 11.6. The highest BCUT2D eigenvalue weighted by Crippen LogP contribution is 2.06. The molecule has 0 saturated heterocycles. The van der Waals surface area contributed by atoms with E-state index < -0.39 is 6.10 Å². The van der Waals surface area contributed by atoms with E-state index in [0.717, 1.165) is 18.7 Å². The molecular formula is C11H19N3O2. The third-order valence-corrected chi connectivity index (χ3v) is 2.29. The first-order valence-electron chi connectivity index (χ1n) is 5.51. The molecule has 5 nitrogen and oxygen atoms in total. The Kier molecular flexibility index (Phi) is 4.49. The summed E-state index contributed by atoms with van der Waals surface area (Å²) in [5, 5.41) is 13.2. The van der Waals surface area contributed by atoms with Gasteiger partial charge in [0.2, 0.25) is 0 Å². The Hall–Kier alpha value is -1.36. The molecule has 1 aromatic heterocycles. The van der Waals surface area contributed by atoms with Gasteiger partial charge in [0.25, 0.3) is 5.56 Å². The van der Waals surface area contributed by atoms with Crippen molar-refractivity contribution in [3.63, 3.8) is 0 Å². The van der Waals surface area contributed by atoms with Gasteiger partial charge in [0.15, 0.2) is 0 Å². The quantitative estimate of drug-likeness (QED) is 0.791. The zero-order chi connectivity index (χ0) is 12.1. The summed E-state index contributed by atoms with van der Waals surface area (Å²) in [6, 6.07) is 1.55. The molecule has 16 heavy (non-hydrogen) atoms. The Labute approximate surface area is 95.3 Å². The highest BCUT2D eigenvalue weighted by atomic mass is 16.3. The molecule has 1 rings (SSSR count). The fraction of sp³-hybridized carbons (Fsp3) is 0.636. The Morgan fingerprint density at radius 1 is 1.62 bits per heavy atom. The summed E-state index contributed by atoms with van der Waals surface area (Å²) in [7, 11) is 1.93. The summed E-state index contributed by atoms with van der Waals surface area (Å²) in [4.78, 5) is 13.6. The first kappa shape index (κ1) is 12.7. The van der Waals surface area contributed by atoms with Gasteiger partial charge in [-0.05, 0) is 13.3 Å². The average molecular weight is 225 g/mol. The molecule has 0 spiro atoms. The van der Waals surface area contributed by atoms with Crippen LogP contribution >= 0.6 is 0 Å². The van der Waals surface area contributed by atoms with E-state index in [2.05, 4.69) is 12.0 Å². The van der Waals surface area contributed by atoms with Gasteiger partial charge in [-0.2, -0.15) is 5.10 Å². The normalized spacial score (nSPS) is 12.5. The first-order valence-corrected chi connectivity index (χ1v) is 5.51. The highest BCUT2D eigenvalue weighted by Gasteiger charge is 2.05. The molecule has 0 saturated carbocycles. The Morgan fingerprint density at radius 2 is 2.31 bits per heavy atom. The van der Waals surface area contributed by atoms with Crippen molar-refractivity contribution in [3.8, 4) is 0 Å². The van der Waals surface area contributed by atoms with Gasteiger partial charge >= 0.3 is 0 Å². The molecule has 5 heteroatoms. The maximum Gasteiger partial charge on any atom is 0.268 e. The van der Waals surface area contributed by atoms with Crippen molar-refractivity contribution >= 4 is 5.69 Å². The molecule has 0 aliphatic carbocycles. The van der Waals surface area contributed by atoms with Crippen molar-refractivity contribution in [3.05, 3.63) is 22.6 Å². The predicted molar refractivity (Wildman–Crippen MR) is 63.7 cm³/mol. The average Bonchev–Trinajstić information content (AvgIpc) is 2.20. The molecule has 0 aliphatic heterocycles. The molecule has 1 aromatic rings. The van der Waals surface area contributed by atoms with Crippen LogP contribution in [0.3, 0.4) is 0 Å². The van der Waals surface area contributed by atoms with Crippen LogP contribution in [0.25, 0.3) is 0 Å². The number of hydrogen-bond acceptors (Lipinski definition) is 4. The van der Waals surface area contributed by atoms with Gasteiger partial charge in [-0.3, -0.25) is 4.79 Å². The minimum Gasteiger partial charge on any atom is -0.391 e. The number of nitrogens with zero attached hydrogens (tertiary/aromatic N) is 3. The van der Waals surface area contributed by atoms with Crippen molar-refractivity contribution in [2.45, 2.75) is 32.9 Å². The molecular weight excluding hydrogens is 206 g/mol. The molecule has 90 valence electrons. The van der Waals surface area contributed by atoms with E-state index in [4.69, 9.17) is 0 Å². The summed E-state index contributed by atoms with van der Waals surface area (Å²) >= 11 is 0. The molecule has 0 amide bonds. The second-order valence-electron chi connectivity index (χ2n) is 4.00. The van der Waals surface area contributed by atoms with Gasteiger partial charge in [0.05, 0.1) is 24.5 Å². The van der Waals surface area contributed by atoms with Crippen LogP contribution in [-0.2, 0) is 6.54 Å². The topological polar surface area (TPSA) is 58.4 Å². The Morgan fingerprint density at radius 3 is 2.81 bits per heavy atom. The summed E-state index contributed by atoms with van der Waals surface area (Å²) in [6.45, 7) is 4.84. The van der Waals surface area contributed by atoms with E-state index in [-0.39, 0.29) is 12.1 Å². The SMILES string of the molecule is CCCN(C)c1cnn(CC(C)O)c(=O)c1. The lowest BCUT2D eigenvalue weighted by Crippen LogP contribution is -2.29. The molecule has 0 aromatic carbocycles. The molecule has 0 aliphatic rings. The Bertz CT molecular complexity index is 387.